The molecule has 0 aliphatic carbocycles. The van der Waals surface area contributed by atoms with E-state index in [-0.39, 0.29) is 12.6 Å². The summed E-state index contributed by atoms with van der Waals surface area (Å²) in [5, 5.41) is 5.42. The van der Waals surface area contributed by atoms with E-state index in [1.807, 2.05) is 18.2 Å². The van der Waals surface area contributed by atoms with E-state index in [2.05, 4.69) is 10.6 Å². The Morgan fingerprint density at radius 2 is 1.92 bits per heavy atom. The molecular weight excluding hydrogens is 322 g/mol. The number of carbonyl (C=O) groups is 2. The molecule has 3 amide bonds. The van der Waals surface area contributed by atoms with Gasteiger partial charge in [0.25, 0.3) is 0 Å². The van der Waals surface area contributed by atoms with Gasteiger partial charge in [0, 0.05) is 11.4 Å². The molecule has 0 bridgehead atoms. The van der Waals surface area contributed by atoms with Crippen LogP contribution < -0.4 is 20.3 Å². The van der Waals surface area contributed by atoms with Gasteiger partial charge in [-0.1, -0.05) is 18.2 Å². The smallest absolute Gasteiger partial charge is 0.414 e. The van der Waals surface area contributed by atoms with E-state index in [0.29, 0.717) is 18.0 Å². The third kappa shape index (κ3) is 4.20. The van der Waals surface area contributed by atoms with Gasteiger partial charge in [0.15, 0.2) is 0 Å². The SMILES string of the molecule is COc1ccc(N2CC(CNC(=O)Nc3ccccc3)OC2=O)cc1. The van der Waals surface area contributed by atoms with Crippen LogP contribution in [0.3, 0.4) is 0 Å². The van der Waals surface area contributed by atoms with Gasteiger partial charge in [0.1, 0.15) is 11.9 Å². The first kappa shape index (κ1) is 16.6. The molecule has 0 radical (unpaired) electrons. The number of cyclic esters (lactones) is 1. The zero-order chi connectivity index (χ0) is 17.6. The van der Waals surface area contributed by atoms with Crippen molar-refractivity contribution in [3.8, 4) is 5.75 Å². The summed E-state index contributed by atoms with van der Waals surface area (Å²) in [5.74, 6) is 0.715. The number of rotatable bonds is 5. The largest absolute Gasteiger partial charge is 0.497 e. The number of urea groups is 1. The van der Waals surface area contributed by atoms with Crippen LogP contribution in [-0.2, 0) is 4.74 Å². The number of hydrogen-bond donors (Lipinski definition) is 2. The zero-order valence-corrected chi connectivity index (χ0v) is 13.8. The van der Waals surface area contributed by atoms with Crippen molar-refractivity contribution < 1.29 is 19.1 Å². The molecule has 130 valence electrons. The van der Waals surface area contributed by atoms with Crippen LogP contribution in [0.2, 0.25) is 0 Å². The number of anilines is 2. The lowest BCUT2D eigenvalue weighted by Crippen LogP contribution is -2.37. The second-order valence-electron chi connectivity index (χ2n) is 5.52. The molecule has 1 unspecified atom stereocenters. The molecule has 1 aliphatic rings. The van der Waals surface area contributed by atoms with Crippen molar-refractivity contribution in [2.75, 3.05) is 30.4 Å². The molecule has 2 N–H and O–H groups in total. The molecule has 2 aromatic rings. The average molecular weight is 341 g/mol. The van der Waals surface area contributed by atoms with Crippen molar-refractivity contribution in [1.82, 2.24) is 5.32 Å². The van der Waals surface area contributed by atoms with E-state index < -0.39 is 12.2 Å². The average Bonchev–Trinajstić information content (AvgIpc) is 3.02. The molecule has 1 fully saturated rings. The molecule has 2 aromatic carbocycles. The van der Waals surface area contributed by atoms with Gasteiger partial charge in [-0.05, 0) is 36.4 Å². The predicted octanol–water partition coefficient (Wildman–Crippen LogP) is 2.84. The third-order valence-corrected chi connectivity index (χ3v) is 3.78. The fourth-order valence-electron chi connectivity index (χ4n) is 2.50. The summed E-state index contributed by atoms with van der Waals surface area (Å²) in [7, 11) is 1.58. The van der Waals surface area contributed by atoms with Gasteiger partial charge in [-0.25, -0.2) is 9.59 Å². The zero-order valence-electron chi connectivity index (χ0n) is 13.8. The fraction of sp³-hybridized carbons (Fsp3) is 0.222. The minimum Gasteiger partial charge on any atom is -0.497 e. The Kier molecular flexibility index (Phi) is 5.03. The maximum absolute atomic E-state index is 12.0. The highest BCUT2D eigenvalue weighted by molar-refractivity contribution is 5.91. The molecule has 1 atom stereocenters. The summed E-state index contributed by atoms with van der Waals surface area (Å²) >= 11 is 0. The van der Waals surface area contributed by atoms with E-state index in [4.69, 9.17) is 9.47 Å². The molecular formula is C18H19N3O4. The lowest BCUT2D eigenvalue weighted by atomic mass is 10.2. The molecule has 25 heavy (non-hydrogen) atoms. The predicted molar refractivity (Wildman–Crippen MR) is 94.1 cm³/mol. The molecule has 0 spiro atoms. The van der Waals surface area contributed by atoms with Gasteiger partial charge in [0.2, 0.25) is 0 Å². The number of nitrogens with one attached hydrogen (secondary N) is 2. The Labute approximate surface area is 145 Å². The van der Waals surface area contributed by atoms with Crippen LogP contribution in [0.15, 0.2) is 54.6 Å². The Morgan fingerprint density at radius 3 is 2.60 bits per heavy atom. The van der Waals surface area contributed by atoms with Crippen molar-refractivity contribution >= 4 is 23.5 Å². The summed E-state index contributed by atoms with van der Waals surface area (Å²) in [6.07, 6.45) is -0.837. The van der Waals surface area contributed by atoms with Gasteiger partial charge in [-0.2, -0.15) is 0 Å². The molecule has 3 rings (SSSR count). The number of amides is 3. The van der Waals surface area contributed by atoms with Gasteiger partial charge in [-0.15, -0.1) is 0 Å². The number of para-hydroxylation sites is 1. The highest BCUT2D eigenvalue weighted by Crippen LogP contribution is 2.23. The molecule has 1 saturated heterocycles. The highest BCUT2D eigenvalue weighted by Gasteiger charge is 2.32. The summed E-state index contributed by atoms with van der Waals surface area (Å²) < 4.78 is 10.4. The summed E-state index contributed by atoms with van der Waals surface area (Å²) in [6.45, 7) is 0.605. The van der Waals surface area contributed by atoms with Crippen molar-refractivity contribution in [3.63, 3.8) is 0 Å². The van der Waals surface area contributed by atoms with E-state index in [9.17, 15) is 9.59 Å². The third-order valence-electron chi connectivity index (χ3n) is 3.78. The van der Waals surface area contributed by atoms with Crippen molar-refractivity contribution in [2.24, 2.45) is 0 Å². The minimum absolute atomic E-state index is 0.233. The fourth-order valence-corrected chi connectivity index (χ4v) is 2.50. The van der Waals surface area contributed by atoms with Gasteiger partial charge in [0.05, 0.1) is 20.2 Å². The molecule has 1 heterocycles. The number of hydrogen-bond acceptors (Lipinski definition) is 4. The second-order valence-corrected chi connectivity index (χ2v) is 5.52. The number of carbonyl (C=O) groups excluding carboxylic acids is 2. The van der Waals surface area contributed by atoms with Crippen LogP contribution in [0.5, 0.6) is 5.75 Å². The molecule has 0 saturated carbocycles. The standard InChI is InChI=1S/C18H19N3O4/c1-24-15-9-7-14(8-10-15)21-12-16(25-18(21)23)11-19-17(22)20-13-5-3-2-4-6-13/h2-10,16H,11-12H2,1H3,(H2,19,20,22). The van der Waals surface area contributed by atoms with E-state index in [1.165, 1.54) is 4.90 Å². The van der Waals surface area contributed by atoms with Gasteiger partial charge >= 0.3 is 12.1 Å². The lowest BCUT2D eigenvalue weighted by Gasteiger charge is -2.13. The van der Waals surface area contributed by atoms with E-state index >= 15 is 0 Å². The molecule has 7 heteroatoms. The highest BCUT2D eigenvalue weighted by atomic mass is 16.6. The normalized spacial score (nSPS) is 16.3. The number of ether oxygens (including phenoxy) is 2. The molecule has 1 aliphatic heterocycles. The van der Waals surface area contributed by atoms with Crippen LogP contribution in [0, 0.1) is 0 Å². The number of benzene rings is 2. The summed E-state index contributed by atoms with van der Waals surface area (Å²) in [4.78, 5) is 25.4. The Balaban J connectivity index is 1.51. The van der Waals surface area contributed by atoms with Crippen LogP contribution in [-0.4, -0.2) is 38.4 Å². The van der Waals surface area contributed by atoms with Crippen molar-refractivity contribution in [3.05, 3.63) is 54.6 Å². The molecule has 0 aromatic heterocycles. The quantitative estimate of drug-likeness (QED) is 0.876. The van der Waals surface area contributed by atoms with E-state index in [0.717, 1.165) is 5.69 Å². The van der Waals surface area contributed by atoms with Crippen LogP contribution in [0.4, 0.5) is 21.0 Å². The molecule has 7 nitrogen and oxygen atoms in total. The van der Waals surface area contributed by atoms with Gasteiger partial charge < -0.3 is 20.1 Å². The van der Waals surface area contributed by atoms with Crippen molar-refractivity contribution in [2.45, 2.75) is 6.10 Å². The maximum atomic E-state index is 12.0. The maximum Gasteiger partial charge on any atom is 0.414 e. The van der Waals surface area contributed by atoms with Crippen LogP contribution in [0.25, 0.3) is 0 Å². The van der Waals surface area contributed by atoms with Gasteiger partial charge in [-0.3, -0.25) is 4.90 Å². The Bertz CT molecular complexity index is 734. The van der Waals surface area contributed by atoms with Crippen LogP contribution in [0.1, 0.15) is 0 Å². The van der Waals surface area contributed by atoms with E-state index in [1.54, 1.807) is 43.5 Å². The topological polar surface area (TPSA) is 79.9 Å². The Hall–Kier alpha value is -3.22. The number of nitrogens with zero attached hydrogens (tertiary/aromatic N) is 1. The summed E-state index contributed by atoms with van der Waals surface area (Å²) in [5.41, 5.74) is 1.42. The first-order chi connectivity index (χ1) is 12.2. The first-order valence-corrected chi connectivity index (χ1v) is 7.88. The van der Waals surface area contributed by atoms with Crippen LogP contribution >= 0.6 is 0 Å². The summed E-state index contributed by atoms with van der Waals surface area (Å²) in [6, 6.07) is 15.9. The first-order valence-electron chi connectivity index (χ1n) is 7.88. The Morgan fingerprint density at radius 1 is 1.20 bits per heavy atom. The minimum atomic E-state index is -0.430. The monoisotopic (exact) mass is 341 g/mol. The second kappa shape index (κ2) is 7.57. The number of methoxy groups -OCH3 is 1. The van der Waals surface area contributed by atoms with Crippen molar-refractivity contribution in [1.29, 1.82) is 0 Å². The lowest BCUT2D eigenvalue weighted by molar-refractivity contribution is 0.141.